The van der Waals surface area contributed by atoms with Crippen molar-refractivity contribution in [2.24, 2.45) is 0 Å². The van der Waals surface area contributed by atoms with Crippen LogP contribution in [0.15, 0.2) is 42.5 Å². The van der Waals surface area contributed by atoms with Crippen LogP contribution in [0.4, 0.5) is 20.2 Å². The molecule has 22 heavy (non-hydrogen) atoms. The van der Waals surface area contributed by atoms with E-state index in [1.807, 2.05) is 12.1 Å². The Kier molecular flexibility index (Phi) is 5.30. The maximum atomic E-state index is 13.4. The maximum Gasteiger partial charge on any atom is 0.226 e. The van der Waals surface area contributed by atoms with Gasteiger partial charge in [-0.15, -0.1) is 0 Å². The van der Waals surface area contributed by atoms with Gasteiger partial charge in [-0.3, -0.25) is 4.79 Å². The monoisotopic (exact) mass is 306 g/mol. The predicted molar refractivity (Wildman–Crippen MR) is 81.1 cm³/mol. The van der Waals surface area contributed by atoms with Crippen molar-refractivity contribution >= 4 is 17.3 Å². The molecule has 0 unspecified atom stereocenters. The molecule has 0 aliphatic rings. The number of carbonyl (C=O) groups excluding carboxylic acids is 1. The third kappa shape index (κ3) is 4.18. The minimum atomic E-state index is -0.795. The van der Waals surface area contributed by atoms with Crippen molar-refractivity contribution in [1.29, 1.82) is 0 Å². The summed E-state index contributed by atoms with van der Waals surface area (Å²) in [7, 11) is 1.58. The molecule has 116 valence electrons. The highest BCUT2D eigenvalue weighted by atomic mass is 19.1. The normalized spacial score (nSPS) is 10.1. The van der Waals surface area contributed by atoms with Crippen molar-refractivity contribution < 1.29 is 18.3 Å². The zero-order valence-electron chi connectivity index (χ0n) is 12.0. The first-order chi connectivity index (χ1) is 10.6. The van der Waals surface area contributed by atoms with E-state index >= 15 is 0 Å². The van der Waals surface area contributed by atoms with E-state index in [4.69, 9.17) is 4.74 Å². The number of halogens is 2. The van der Waals surface area contributed by atoms with Crippen molar-refractivity contribution in [2.75, 3.05) is 24.3 Å². The molecule has 2 N–H and O–H groups in total. The van der Waals surface area contributed by atoms with Gasteiger partial charge in [0.1, 0.15) is 23.1 Å². The number of benzene rings is 2. The first-order valence-electron chi connectivity index (χ1n) is 6.72. The first-order valence-corrected chi connectivity index (χ1v) is 6.72. The van der Waals surface area contributed by atoms with E-state index in [9.17, 15) is 13.6 Å². The molecule has 0 saturated carbocycles. The molecule has 0 aliphatic carbocycles. The van der Waals surface area contributed by atoms with Gasteiger partial charge in [-0.25, -0.2) is 8.78 Å². The Bertz CT molecular complexity index is 625. The summed E-state index contributed by atoms with van der Waals surface area (Å²) in [4.78, 5) is 11.7. The number of ether oxygens (including phenoxy) is 1. The third-order valence-electron chi connectivity index (χ3n) is 3.00. The number of hydrogen-bond acceptors (Lipinski definition) is 3. The number of nitrogens with one attached hydrogen (secondary N) is 2. The summed E-state index contributed by atoms with van der Waals surface area (Å²) in [6.45, 7) is 0.342. The largest absolute Gasteiger partial charge is 0.497 e. The number of para-hydroxylation sites is 1. The summed E-state index contributed by atoms with van der Waals surface area (Å²) < 4.78 is 31.8. The van der Waals surface area contributed by atoms with Gasteiger partial charge in [0.25, 0.3) is 0 Å². The van der Waals surface area contributed by atoms with Crippen molar-refractivity contribution in [3.63, 3.8) is 0 Å². The van der Waals surface area contributed by atoms with Crippen molar-refractivity contribution in [3.8, 4) is 5.75 Å². The lowest BCUT2D eigenvalue weighted by Crippen LogP contribution is -2.17. The van der Waals surface area contributed by atoms with Crippen LogP contribution in [0.5, 0.6) is 5.75 Å². The van der Waals surface area contributed by atoms with Gasteiger partial charge in [0.2, 0.25) is 5.91 Å². The zero-order valence-corrected chi connectivity index (χ0v) is 12.0. The Hall–Kier alpha value is -2.63. The lowest BCUT2D eigenvalue weighted by atomic mass is 10.2. The van der Waals surface area contributed by atoms with Crippen LogP contribution in [0.3, 0.4) is 0 Å². The maximum absolute atomic E-state index is 13.4. The third-order valence-corrected chi connectivity index (χ3v) is 3.00. The lowest BCUT2D eigenvalue weighted by Gasteiger charge is -2.09. The number of amides is 1. The SMILES string of the molecule is COc1ccc(NCCC(=O)Nc2c(F)cccc2F)cc1. The highest BCUT2D eigenvalue weighted by Gasteiger charge is 2.11. The van der Waals surface area contributed by atoms with E-state index in [1.165, 1.54) is 6.07 Å². The number of methoxy groups -OCH3 is 1. The molecule has 2 rings (SSSR count). The van der Waals surface area contributed by atoms with E-state index in [2.05, 4.69) is 10.6 Å². The molecule has 0 aromatic heterocycles. The summed E-state index contributed by atoms with van der Waals surface area (Å²) in [5.74, 6) is -1.32. The molecule has 0 radical (unpaired) electrons. The van der Waals surface area contributed by atoms with Crippen LogP contribution in [0.2, 0.25) is 0 Å². The molecule has 0 saturated heterocycles. The van der Waals surface area contributed by atoms with E-state index in [1.54, 1.807) is 19.2 Å². The quantitative estimate of drug-likeness (QED) is 0.860. The van der Waals surface area contributed by atoms with Gasteiger partial charge in [-0.2, -0.15) is 0 Å². The van der Waals surface area contributed by atoms with Crippen LogP contribution >= 0.6 is 0 Å². The Morgan fingerprint density at radius 3 is 2.32 bits per heavy atom. The summed E-state index contributed by atoms with van der Waals surface area (Å²) in [6, 6.07) is 10.6. The molecule has 2 aromatic rings. The molecule has 2 aromatic carbocycles. The van der Waals surface area contributed by atoms with Crippen LogP contribution in [-0.2, 0) is 4.79 Å². The van der Waals surface area contributed by atoms with Gasteiger partial charge in [-0.1, -0.05) is 6.07 Å². The average Bonchev–Trinajstić information content (AvgIpc) is 2.52. The molecular formula is C16H16F2N2O2. The minimum absolute atomic E-state index is 0.0831. The molecule has 0 atom stereocenters. The van der Waals surface area contributed by atoms with E-state index in [0.29, 0.717) is 6.54 Å². The zero-order chi connectivity index (χ0) is 15.9. The summed E-state index contributed by atoms with van der Waals surface area (Å²) in [5, 5.41) is 5.27. The molecule has 0 fully saturated rings. The predicted octanol–water partition coefficient (Wildman–Crippen LogP) is 3.41. The molecule has 0 heterocycles. The van der Waals surface area contributed by atoms with Crippen LogP contribution in [0.25, 0.3) is 0 Å². The molecular weight excluding hydrogens is 290 g/mol. The fourth-order valence-electron chi connectivity index (χ4n) is 1.85. The van der Waals surface area contributed by atoms with Gasteiger partial charge < -0.3 is 15.4 Å². The Morgan fingerprint density at radius 1 is 1.09 bits per heavy atom. The van der Waals surface area contributed by atoms with E-state index in [0.717, 1.165) is 23.6 Å². The van der Waals surface area contributed by atoms with Gasteiger partial charge in [0.05, 0.1) is 7.11 Å². The second kappa shape index (κ2) is 7.40. The summed E-state index contributed by atoms with van der Waals surface area (Å²) in [6.07, 6.45) is 0.0831. The summed E-state index contributed by atoms with van der Waals surface area (Å²) in [5.41, 5.74) is 0.405. The van der Waals surface area contributed by atoms with E-state index < -0.39 is 23.2 Å². The number of carbonyl (C=O) groups is 1. The Morgan fingerprint density at radius 2 is 1.73 bits per heavy atom. The van der Waals surface area contributed by atoms with E-state index in [-0.39, 0.29) is 6.42 Å². The second-order valence-corrected chi connectivity index (χ2v) is 4.55. The Labute approximate surface area is 127 Å². The lowest BCUT2D eigenvalue weighted by molar-refractivity contribution is -0.116. The van der Waals surface area contributed by atoms with Gasteiger partial charge in [0.15, 0.2) is 0 Å². The van der Waals surface area contributed by atoms with Crippen molar-refractivity contribution in [1.82, 2.24) is 0 Å². The average molecular weight is 306 g/mol. The first kappa shape index (κ1) is 15.8. The molecule has 0 bridgehead atoms. The fourth-order valence-corrected chi connectivity index (χ4v) is 1.85. The highest BCUT2D eigenvalue weighted by Crippen LogP contribution is 2.18. The van der Waals surface area contributed by atoms with Gasteiger partial charge >= 0.3 is 0 Å². The topological polar surface area (TPSA) is 50.4 Å². The van der Waals surface area contributed by atoms with Crippen LogP contribution in [0.1, 0.15) is 6.42 Å². The van der Waals surface area contributed by atoms with Crippen LogP contribution in [-0.4, -0.2) is 19.6 Å². The summed E-state index contributed by atoms with van der Waals surface area (Å²) >= 11 is 0. The number of anilines is 2. The standard InChI is InChI=1S/C16H16F2N2O2/c1-22-12-7-5-11(6-8-12)19-10-9-15(21)20-16-13(17)3-2-4-14(16)18/h2-8,19H,9-10H2,1H3,(H,20,21). The molecule has 0 spiro atoms. The molecule has 0 aliphatic heterocycles. The van der Waals surface area contributed by atoms with Crippen LogP contribution in [0, 0.1) is 11.6 Å². The minimum Gasteiger partial charge on any atom is -0.497 e. The highest BCUT2D eigenvalue weighted by molar-refractivity contribution is 5.91. The second-order valence-electron chi connectivity index (χ2n) is 4.55. The number of rotatable bonds is 6. The molecule has 4 nitrogen and oxygen atoms in total. The molecule has 6 heteroatoms. The number of hydrogen-bond donors (Lipinski definition) is 2. The van der Waals surface area contributed by atoms with Gasteiger partial charge in [-0.05, 0) is 36.4 Å². The van der Waals surface area contributed by atoms with Crippen LogP contribution < -0.4 is 15.4 Å². The molecule has 1 amide bonds. The fraction of sp³-hybridized carbons (Fsp3) is 0.188. The van der Waals surface area contributed by atoms with Crippen molar-refractivity contribution in [2.45, 2.75) is 6.42 Å². The Balaban J connectivity index is 1.82. The van der Waals surface area contributed by atoms with Gasteiger partial charge in [0, 0.05) is 18.7 Å². The van der Waals surface area contributed by atoms with Crippen molar-refractivity contribution in [3.05, 3.63) is 54.1 Å². The smallest absolute Gasteiger partial charge is 0.226 e.